The molecule has 1 aliphatic heterocycles. The minimum Gasteiger partial charge on any atom is -0.376 e. The Balaban J connectivity index is 1.96. The summed E-state index contributed by atoms with van der Waals surface area (Å²) in [6.45, 7) is 3.25. The molecule has 6 heteroatoms. The molecule has 1 fully saturated rings. The molecule has 0 amide bonds. The monoisotopic (exact) mass is 272 g/mol. The summed E-state index contributed by atoms with van der Waals surface area (Å²) >= 11 is 0. The number of hydrogen-bond donors (Lipinski definition) is 0. The molecule has 2 rings (SSSR count). The van der Waals surface area contributed by atoms with E-state index < -0.39 is 10.1 Å². The lowest BCUT2D eigenvalue weighted by atomic mass is 10.2. The summed E-state index contributed by atoms with van der Waals surface area (Å²) in [4.78, 5) is 0.157. The van der Waals surface area contributed by atoms with Gasteiger partial charge < -0.3 is 9.47 Å². The third kappa shape index (κ3) is 3.52. The lowest BCUT2D eigenvalue weighted by Gasteiger charge is -2.22. The van der Waals surface area contributed by atoms with Crippen molar-refractivity contribution in [3.8, 4) is 0 Å². The van der Waals surface area contributed by atoms with Crippen molar-refractivity contribution in [3.05, 3.63) is 29.8 Å². The molecule has 100 valence electrons. The second-order valence-electron chi connectivity index (χ2n) is 4.12. The topological polar surface area (TPSA) is 61.8 Å². The molecule has 1 unspecified atom stereocenters. The summed E-state index contributed by atoms with van der Waals surface area (Å²) in [6.07, 6.45) is -0.320. The van der Waals surface area contributed by atoms with Gasteiger partial charge in [0.15, 0.2) is 0 Å². The van der Waals surface area contributed by atoms with E-state index in [0.29, 0.717) is 19.8 Å². The van der Waals surface area contributed by atoms with Crippen LogP contribution >= 0.6 is 0 Å². The van der Waals surface area contributed by atoms with Crippen LogP contribution < -0.4 is 0 Å². The maximum atomic E-state index is 11.9. The molecule has 0 bridgehead atoms. The van der Waals surface area contributed by atoms with Gasteiger partial charge in [-0.2, -0.15) is 8.42 Å². The van der Waals surface area contributed by atoms with Crippen molar-refractivity contribution in [1.82, 2.24) is 0 Å². The van der Waals surface area contributed by atoms with Gasteiger partial charge in [0, 0.05) is 0 Å². The Morgan fingerprint density at radius 2 is 2.00 bits per heavy atom. The highest BCUT2D eigenvalue weighted by molar-refractivity contribution is 7.86. The van der Waals surface area contributed by atoms with E-state index in [1.54, 1.807) is 12.1 Å². The molecule has 0 saturated carbocycles. The Morgan fingerprint density at radius 3 is 2.61 bits per heavy atom. The molecule has 1 atom stereocenters. The predicted octanol–water partition coefficient (Wildman–Crippen LogP) is 1.12. The molecule has 0 N–H and O–H groups in total. The Kier molecular flexibility index (Phi) is 4.34. The van der Waals surface area contributed by atoms with E-state index >= 15 is 0 Å². The van der Waals surface area contributed by atoms with Gasteiger partial charge in [-0.05, 0) is 19.1 Å². The van der Waals surface area contributed by atoms with Crippen LogP contribution in [0.5, 0.6) is 0 Å². The van der Waals surface area contributed by atoms with Gasteiger partial charge in [-0.25, -0.2) is 0 Å². The predicted molar refractivity (Wildman–Crippen MR) is 64.9 cm³/mol. The van der Waals surface area contributed by atoms with E-state index in [1.165, 1.54) is 12.1 Å². The lowest BCUT2D eigenvalue weighted by Crippen LogP contribution is -2.33. The van der Waals surface area contributed by atoms with Crippen molar-refractivity contribution >= 4 is 10.1 Å². The van der Waals surface area contributed by atoms with Gasteiger partial charge in [0.05, 0.1) is 31.3 Å². The van der Waals surface area contributed by atoms with Gasteiger partial charge in [0.25, 0.3) is 10.1 Å². The number of benzene rings is 1. The molecule has 5 nitrogen and oxygen atoms in total. The van der Waals surface area contributed by atoms with Gasteiger partial charge in [0.1, 0.15) is 6.10 Å². The average Bonchev–Trinajstić information content (AvgIpc) is 2.38. The van der Waals surface area contributed by atoms with Crippen LogP contribution in [-0.4, -0.2) is 40.9 Å². The van der Waals surface area contributed by atoms with Crippen LogP contribution in [0.4, 0.5) is 0 Å². The molecule has 0 spiro atoms. The molecule has 1 saturated heterocycles. The van der Waals surface area contributed by atoms with E-state index in [0.717, 1.165) is 5.56 Å². The fraction of sp³-hybridized carbons (Fsp3) is 0.500. The highest BCUT2D eigenvalue weighted by Gasteiger charge is 2.20. The van der Waals surface area contributed by atoms with Crippen molar-refractivity contribution < 1.29 is 22.1 Å². The van der Waals surface area contributed by atoms with Crippen molar-refractivity contribution in [3.63, 3.8) is 0 Å². The van der Waals surface area contributed by atoms with Crippen molar-refractivity contribution in [2.24, 2.45) is 0 Å². The standard InChI is InChI=1S/C12H16O5S/c1-10-2-4-12(5-3-10)18(13,14)17-9-11-8-15-6-7-16-11/h2-5,11H,6-9H2,1H3. The molecule has 1 aliphatic rings. The fourth-order valence-electron chi connectivity index (χ4n) is 1.57. The third-order valence-electron chi connectivity index (χ3n) is 2.60. The lowest BCUT2D eigenvalue weighted by molar-refractivity contribution is -0.101. The summed E-state index contributed by atoms with van der Waals surface area (Å²) in [5, 5.41) is 0. The molecule has 18 heavy (non-hydrogen) atoms. The minimum atomic E-state index is -3.71. The first kappa shape index (κ1) is 13.5. The quantitative estimate of drug-likeness (QED) is 0.769. The fourth-order valence-corrected chi connectivity index (χ4v) is 2.51. The first-order valence-electron chi connectivity index (χ1n) is 5.73. The maximum absolute atomic E-state index is 11.9. The first-order chi connectivity index (χ1) is 8.58. The number of rotatable bonds is 4. The zero-order chi connectivity index (χ0) is 13.0. The normalized spacial score (nSPS) is 20.8. The minimum absolute atomic E-state index is 0.0176. The second-order valence-corrected chi connectivity index (χ2v) is 5.73. The molecule has 0 aromatic heterocycles. The molecular formula is C12H16O5S. The van der Waals surface area contributed by atoms with E-state index in [1.807, 2.05) is 6.92 Å². The van der Waals surface area contributed by atoms with E-state index in [2.05, 4.69) is 0 Å². The number of aryl methyl sites for hydroxylation is 1. The van der Waals surface area contributed by atoms with E-state index in [4.69, 9.17) is 13.7 Å². The summed E-state index contributed by atoms with van der Waals surface area (Å²) < 4.78 is 39.2. The van der Waals surface area contributed by atoms with Crippen molar-refractivity contribution in [2.45, 2.75) is 17.9 Å². The molecule has 0 radical (unpaired) electrons. The number of ether oxygens (including phenoxy) is 2. The Bertz CT molecular complexity index is 474. The van der Waals surface area contributed by atoms with Crippen LogP contribution in [-0.2, 0) is 23.8 Å². The zero-order valence-corrected chi connectivity index (χ0v) is 11.0. The number of hydrogen-bond acceptors (Lipinski definition) is 5. The smallest absolute Gasteiger partial charge is 0.297 e. The molecule has 1 heterocycles. The molecule has 1 aromatic rings. The zero-order valence-electron chi connectivity index (χ0n) is 10.2. The Morgan fingerprint density at radius 1 is 1.28 bits per heavy atom. The van der Waals surface area contributed by atoms with Crippen LogP contribution in [0.15, 0.2) is 29.2 Å². The van der Waals surface area contributed by atoms with Crippen LogP contribution in [0.25, 0.3) is 0 Å². The third-order valence-corrected chi connectivity index (χ3v) is 3.90. The van der Waals surface area contributed by atoms with Crippen LogP contribution in [0, 0.1) is 6.92 Å². The summed E-state index contributed by atoms with van der Waals surface area (Å²) in [7, 11) is -3.71. The van der Waals surface area contributed by atoms with Crippen LogP contribution in [0.1, 0.15) is 5.56 Å². The van der Waals surface area contributed by atoms with Gasteiger partial charge in [-0.1, -0.05) is 17.7 Å². The average molecular weight is 272 g/mol. The van der Waals surface area contributed by atoms with E-state index in [-0.39, 0.29) is 17.6 Å². The van der Waals surface area contributed by atoms with Gasteiger partial charge in [0.2, 0.25) is 0 Å². The Hall–Kier alpha value is -0.950. The van der Waals surface area contributed by atoms with E-state index in [9.17, 15) is 8.42 Å². The summed E-state index contributed by atoms with van der Waals surface area (Å²) in [5.41, 5.74) is 0.998. The molecule has 1 aromatic carbocycles. The summed E-state index contributed by atoms with van der Waals surface area (Å²) in [5.74, 6) is 0. The van der Waals surface area contributed by atoms with Crippen LogP contribution in [0.2, 0.25) is 0 Å². The van der Waals surface area contributed by atoms with Gasteiger partial charge in [-0.3, -0.25) is 4.18 Å². The molecular weight excluding hydrogens is 256 g/mol. The molecule has 0 aliphatic carbocycles. The van der Waals surface area contributed by atoms with Crippen LogP contribution in [0.3, 0.4) is 0 Å². The Labute approximate surface area is 107 Å². The highest BCUT2D eigenvalue weighted by Crippen LogP contribution is 2.14. The highest BCUT2D eigenvalue weighted by atomic mass is 32.2. The van der Waals surface area contributed by atoms with Gasteiger partial charge >= 0.3 is 0 Å². The van der Waals surface area contributed by atoms with Crippen molar-refractivity contribution in [2.75, 3.05) is 26.4 Å². The second kappa shape index (κ2) is 5.79. The van der Waals surface area contributed by atoms with Crippen molar-refractivity contribution in [1.29, 1.82) is 0 Å². The van der Waals surface area contributed by atoms with Gasteiger partial charge in [-0.15, -0.1) is 0 Å². The summed E-state index contributed by atoms with van der Waals surface area (Å²) in [6, 6.07) is 6.53. The maximum Gasteiger partial charge on any atom is 0.297 e. The first-order valence-corrected chi connectivity index (χ1v) is 7.14. The SMILES string of the molecule is Cc1ccc(S(=O)(=O)OCC2COCCO2)cc1. The largest absolute Gasteiger partial charge is 0.376 e.